The Morgan fingerprint density at radius 1 is 0.929 bits per heavy atom. The van der Waals surface area contributed by atoms with Crippen molar-refractivity contribution in [3.63, 3.8) is 0 Å². The first-order valence-electron chi connectivity index (χ1n) is 5.86. The predicted molar refractivity (Wildman–Crippen MR) is 50.3 cm³/mol. The van der Waals surface area contributed by atoms with Crippen molar-refractivity contribution in [1.29, 1.82) is 0 Å². The minimum absolute atomic E-state index is 0.0185. The molecule has 0 amide bonds. The van der Waals surface area contributed by atoms with Crippen LogP contribution in [0.3, 0.4) is 0 Å². The standard InChI is InChI=1S/C12H16O2/c1-3-5-4(2)7-6(3)8-9(7)12(14)10(5)11(8)13/h3-11,13H,1-2H3/t3-,4-,5?,6?,7?,8?,9?,10?,11-/m0/s1. The maximum absolute atomic E-state index is 12.0. The van der Waals surface area contributed by atoms with Gasteiger partial charge in [0.2, 0.25) is 0 Å². The minimum atomic E-state index is -0.278. The van der Waals surface area contributed by atoms with Crippen LogP contribution in [-0.2, 0) is 4.79 Å². The Kier molecular flexibility index (Phi) is 1.09. The monoisotopic (exact) mass is 192 g/mol. The molecule has 1 N–H and O–H groups in total. The van der Waals surface area contributed by atoms with Gasteiger partial charge in [0.15, 0.2) is 0 Å². The van der Waals surface area contributed by atoms with Gasteiger partial charge < -0.3 is 5.11 Å². The number of rotatable bonds is 0. The Hall–Kier alpha value is -0.370. The van der Waals surface area contributed by atoms with Crippen LogP contribution in [0.25, 0.3) is 0 Å². The van der Waals surface area contributed by atoms with Crippen molar-refractivity contribution in [3.8, 4) is 0 Å². The first kappa shape index (κ1) is 7.86. The Balaban J connectivity index is 1.93. The number of carbonyl (C=O) groups is 1. The first-order chi connectivity index (χ1) is 6.64. The number of hydrogen-bond acceptors (Lipinski definition) is 2. The summed E-state index contributed by atoms with van der Waals surface area (Å²) in [5.41, 5.74) is 0. The van der Waals surface area contributed by atoms with Gasteiger partial charge in [-0.1, -0.05) is 13.8 Å². The molecule has 0 radical (unpaired) electrons. The van der Waals surface area contributed by atoms with E-state index in [0.29, 0.717) is 41.3 Å². The van der Waals surface area contributed by atoms with Gasteiger partial charge >= 0.3 is 0 Å². The highest BCUT2D eigenvalue weighted by molar-refractivity contribution is 5.90. The minimum Gasteiger partial charge on any atom is -0.392 e. The van der Waals surface area contributed by atoms with Crippen LogP contribution in [0.1, 0.15) is 13.8 Å². The Morgan fingerprint density at radius 3 is 2.29 bits per heavy atom. The van der Waals surface area contributed by atoms with Crippen LogP contribution in [-0.4, -0.2) is 17.0 Å². The number of Topliss-reactive ketones (excluding diaryl/α,β-unsaturated/α-hetero) is 1. The molecule has 0 saturated heterocycles. The number of hydrogen-bond donors (Lipinski definition) is 1. The van der Waals surface area contributed by atoms with Crippen LogP contribution >= 0.6 is 0 Å². The number of aliphatic hydroxyl groups is 1. The van der Waals surface area contributed by atoms with E-state index in [2.05, 4.69) is 13.8 Å². The van der Waals surface area contributed by atoms with Gasteiger partial charge in [0.1, 0.15) is 5.78 Å². The number of carbonyl (C=O) groups excluding carboxylic acids is 1. The lowest BCUT2D eigenvalue weighted by molar-refractivity contribution is -0.135. The Labute approximate surface area is 83.7 Å². The number of ketones is 1. The molecule has 0 aliphatic heterocycles. The van der Waals surface area contributed by atoms with Crippen molar-refractivity contribution in [2.45, 2.75) is 20.0 Å². The number of aliphatic hydroxyl groups excluding tert-OH is 1. The van der Waals surface area contributed by atoms with Crippen molar-refractivity contribution in [2.24, 2.45) is 47.3 Å². The normalized spacial score (nSPS) is 72.8. The topological polar surface area (TPSA) is 37.3 Å². The van der Waals surface area contributed by atoms with Crippen molar-refractivity contribution in [3.05, 3.63) is 0 Å². The van der Waals surface area contributed by atoms with E-state index in [1.54, 1.807) is 0 Å². The predicted octanol–water partition coefficient (Wildman–Crippen LogP) is 0.940. The molecule has 0 heterocycles. The summed E-state index contributed by atoms with van der Waals surface area (Å²) < 4.78 is 0. The van der Waals surface area contributed by atoms with Crippen LogP contribution in [0, 0.1) is 47.3 Å². The Morgan fingerprint density at radius 2 is 1.57 bits per heavy atom. The molecule has 14 heavy (non-hydrogen) atoms. The summed E-state index contributed by atoms with van der Waals surface area (Å²) in [4.78, 5) is 12.0. The second-order valence-electron chi connectivity index (χ2n) is 5.97. The van der Waals surface area contributed by atoms with Crippen molar-refractivity contribution < 1.29 is 9.90 Å². The summed E-state index contributed by atoms with van der Waals surface area (Å²) in [6, 6.07) is 0. The molecule has 0 spiro atoms. The summed E-state index contributed by atoms with van der Waals surface area (Å²) in [7, 11) is 0. The summed E-state index contributed by atoms with van der Waals surface area (Å²) in [5.74, 6) is 4.25. The van der Waals surface area contributed by atoms with E-state index >= 15 is 0 Å². The molecular weight excluding hydrogens is 176 g/mol. The fourth-order valence-electron chi connectivity index (χ4n) is 5.74. The molecule has 0 aromatic heterocycles. The summed E-state index contributed by atoms with van der Waals surface area (Å²) in [6.45, 7) is 4.60. The van der Waals surface area contributed by atoms with Crippen LogP contribution in [0.15, 0.2) is 0 Å². The SMILES string of the molecule is C[C@@H]1C2C3C(=O)C4C1[C@H](C)C2C3[C@@H]4O. The summed E-state index contributed by atoms with van der Waals surface area (Å²) in [5, 5.41) is 10.1. The van der Waals surface area contributed by atoms with Crippen LogP contribution in [0.2, 0.25) is 0 Å². The van der Waals surface area contributed by atoms with Crippen LogP contribution in [0.5, 0.6) is 0 Å². The molecule has 5 fully saturated rings. The smallest absolute Gasteiger partial charge is 0.142 e. The van der Waals surface area contributed by atoms with Gasteiger partial charge in [-0.2, -0.15) is 0 Å². The molecule has 5 aliphatic rings. The molecule has 2 heteroatoms. The zero-order valence-corrected chi connectivity index (χ0v) is 8.55. The van der Waals surface area contributed by atoms with Crippen molar-refractivity contribution in [1.82, 2.24) is 0 Å². The fraction of sp³-hybridized carbons (Fsp3) is 0.917. The maximum atomic E-state index is 12.0. The van der Waals surface area contributed by atoms with Gasteiger partial charge in [0.05, 0.1) is 6.10 Å². The van der Waals surface area contributed by atoms with E-state index in [0.717, 1.165) is 0 Å². The van der Waals surface area contributed by atoms with Crippen molar-refractivity contribution >= 4 is 5.78 Å². The first-order valence-corrected chi connectivity index (χ1v) is 5.86. The van der Waals surface area contributed by atoms with Gasteiger partial charge in [-0.25, -0.2) is 0 Å². The van der Waals surface area contributed by atoms with E-state index in [9.17, 15) is 9.90 Å². The molecule has 5 aliphatic carbocycles. The molecule has 0 aromatic rings. The van der Waals surface area contributed by atoms with Gasteiger partial charge in [-0.3, -0.25) is 4.79 Å². The zero-order valence-electron chi connectivity index (χ0n) is 8.55. The lowest BCUT2D eigenvalue weighted by Gasteiger charge is -2.48. The summed E-state index contributed by atoms with van der Waals surface area (Å²) >= 11 is 0. The fourth-order valence-corrected chi connectivity index (χ4v) is 5.74. The van der Waals surface area contributed by atoms with Gasteiger partial charge in [0.25, 0.3) is 0 Å². The molecule has 2 nitrogen and oxygen atoms in total. The van der Waals surface area contributed by atoms with E-state index in [-0.39, 0.29) is 17.9 Å². The molecule has 9 atom stereocenters. The molecule has 5 saturated carbocycles. The molecule has 76 valence electrons. The second kappa shape index (κ2) is 1.95. The quantitative estimate of drug-likeness (QED) is 0.620. The largest absolute Gasteiger partial charge is 0.392 e. The second-order valence-corrected chi connectivity index (χ2v) is 5.97. The third kappa shape index (κ3) is 0.493. The summed E-state index contributed by atoms with van der Waals surface area (Å²) in [6.07, 6.45) is -0.278. The van der Waals surface area contributed by atoms with E-state index in [1.807, 2.05) is 0 Å². The molecule has 0 aromatic carbocycles. The van der Waals surface area contributed by atoms with Gasteiger partial charge in [-0.05, 0) is 35.5 Å². The van der Waals surface area contributed by atoms with E-state index < -0.39 is 0 Å². The Bertz CT molecular complexity index is 327. The van der Waals surface area contributed by atoms with Crippen LogP contribution in [0.4, 0.5) is 0 Å². The highest BCUT2D eigenvalue weighted by Gasteiger charge is 2.77. The molecule has 6 unspecified atom stereocenters. The third-order valence-corrected chi connectivity index (χ3v) is 5.98. The highest BCUT2D eigenvalue weighted by atomic mass is 16.3. The zero-order chi connectivity index (χ0) is 9.77. The van der Waals surface area contributed by atoms with Crippen LogP contribution < -0.4 is 0 Å². The average molecular weight is 192 g/mol. The highest BCUT2D eigenvalue weighted by Crippen LogP contribution is 2.74. The van der Waals surface area contributed by atoms with E-state index in [4.69, 9.17) is 0 Å². The van der Waals surface area contributed by atoms with Gasteiger partial charge in [0, 0.05) is 11.8 Å². The molecular formula is C12H16O2. The van der Waals surface area contributed by atoms with E-state index in [1.165, 1.54) is 0 Å². The molecule has 6 bridgehead atoms. The van der Waals surface area contributed by atoms with Crippen molar-refractivity contribution in [2.75, 3.05) is 0 Å². The maximum Gasteiger partial charge on any atom is 0.142 e. The lowest BCUT2D eigenvalue weighted by Crippen LogP contribution is -2.50. The average Bonchev–Trinajstić information content (AvgIpc) is 2.30. The third-order valence-electron chi connectivity index (χ3n) is 5.98. The lowest BCUT2D eigenvalue weighted by atomic mass is 9.55. The van der Waals surface area contributed by atoms with Gasteiger partial charge in [-0.15, -0.1) is 0 Å². The molecule has 5 rings (SSSR count).